The average Bonchev–Trinajstić information content (AvgIpc) is 3.22. The highest BCUT2D eigenvalue weighted by Crippen LogP contribution is 2.32. The van der Waals surface area contributed by atoms with Crippen LogP contribution in [0.25, 0.3) is 22.4 Å². The number of nitrogens with zero attached hydrogens (tertiary/aromatic N) is 5. The van der Waals surface area contributed by atoms with Crippen molar-refractivity contribution in [2.45, 2.75) is 38.0 Å². The molecule has 4 rings (SSSR count). The first-order valence-electron chi connectivity index (χ1n) is 12.8. The fraction of sp³-hybridized carbons (Fsp3) is 0.520. The molecule has 12 nitrogen and oxygen atoms in total. The van der Waals surface area contributed by atoms with Crippen LogP contribution in [0, 0.1) is 10.1 Å². The molecule has 13 heteroatoms. The molecule has 1 N–H and O–H groups in total. The van der Waals surface area contributed by atoms with E-state index in [4.69, 9.17) is 9.72 Å². The summed E-state index contributed by atoms with van der Waals surface area (Å²) in [5.74, 6) is 0.949. The van der Waals surface area contributed by atoms with E-state index >= 15 is 0 Å². The third-order valence-electron chi connectivity index (χ3n) is 6.46. The Bertz CT molecular complexity index is 1360. The van der Waals surface area contributed by atoms with Gasteiger partial charge in [-0.3, -0.25) is 9.69 Å². The summed E-state index contributed by atoms with van der Waals surface area (Å²) >= 11 is 0. The van der Waals surface area contributed by atoms with E-state index in [9.17, 15) is 19.1 Å². The molecule has 0 amide bonds. The molecule has 0 radical (unpaired) electrons. The Kier molecular flexibility index (Phi) is 9.13. The predicted octanol–water partition coefficient (Wildman–Crippen LogP) is 2.52. The smallest absolute Gasteiger partial charge is 0.294 e. The van der Waals surface area contributed by atoms with Crippen LogP contribution in [0.5, 0.6) is 5.75 Å². The number of nitrogens with one attached hydrogen (secondary N) is 1. The van der Waals surface area contributed by atoms with E-state index in [2.05, 4.69) is 16.7 Å². The number of benzene rings is 1. The maximum atomic E-state index is 13.5. The van der Waals surface area contributed by atoms with Crippen molar-refractivity contribution in [1.82, 2.24) is 23.7 Å². The summed E-state index contributed by atoms with van der Waals surface area (Å²) in [5.41, 5.74) is 2.55. The van der Waals surface area contributed by atoms with E-state index in [-0.39, 0.29) is 12.2 Å². The molecule has 2 aromatic heterocycles. The second-order valence-corrected chi connectivity index (χ2v) is 10.7. The number of hydrogen-bond acceptors (Lipinski definition) is 8. The first-order valence-corrected chi connectivity index (χ1v) is 13.9. The van der Waals surface area contributed by atoms with Crippen molar-refractivity contribution in [2.24, 2.45) is 7.05 Å². The topological polar surface area (TPSA) is 136 Å². The number of rotatable bonds is 12. The second kappa shape index (κ2) is 12.5. The minimum atomic E-state index is -1.44. The Morgan fingerprint density at radius 2 is 1.92 bits per heavy atom. The van der Waals surface area contributed by atoms with Gasteiger partial charge >= 0.3 is 0 Å². The molecule has 1 saturated heterocycles. The van der Waals surface area contributed by atoms with Gasteiger partial charge in [0.15, 0.2) is 0 Å². The number of H-pyrrole nitrogens is 1. The van der Waals surface area contributed by atoms with Crippen molar-refractivity contribution in [2.75, 3.05) is 45.9 Å². The van der Waals surface area contributed by atoms with Gasteiger partial charge in [0.2, 0.25) is 0 Å². The van der Waals surface area contributed by atoms with E-state index in [0.29, 0.717) is 72.4 Å². The van der Waals surface area contributed by atoms with Crippen LogP contribution >= 0.6 is 0 Å². The zero-order valence-electron chi connectivity index (χ0n) is 22.0. The predicted molar refractivity (Wildman–Crippen MR) is 144 cm³/mol. The van der Waals surface area contributed by atoms with Crippen LogP contribution in [0.1, 0.15) is 32.3 Å². The van der Waals surface area contributed by atoms with E-state index in [0.717, 1.165) is 24.8 Å². The van der Waals surface area contributed by atoms with Gasteiger partial charge in [0.05, 0.1) is 22.6 Å². The number of aromatic nitrogens is 3. The van der Waals surface area contributed by atoms with Crippen molar-refractivity contribution in [3.05, 3.63) is 50.4 Å². The first kappa shape index (κ1) is 27.7. The van der Waals surface area contributed by atoms with Crippen LogP contribution in [0.15, 0.2) is 34.1 Å². The molecular weight excluding hydrogens is 512 g/mol. The number of ether oxygens (including phenoxy) is 1. The number of aryl methyl sites for hydroxylation is 2. The lowest BCUT2D eigenvalue weighted by atomic mass is 10.1. The fourth-order valence-corrected chi connectivity index (χ4v) is 5.81. The van der Waals surface area contributed by atoms with E-state index in [1.165, 1.54) is 0 Å². The lowest BCUT2D eigenvalue weighted by molar-refractivity contribution is -0.757. The van der Waals surface area contributed by atoms with E-state index < -0.39 is 16.1 Å². The minimum absolute atomic E-state index is 0.00953. The van der Waals surface area contributed by atoms with Crippen molar-refractivity contribution in [1.29, 1.82) is 0 Å². The van der Waals surface area contributed by atoms with Crippen LogP contribution in [-0.2, 0) is 29.3 Å². The summed E-state index contributed by atoms with van der Waals surface area (Å²) in [6, 6.07) is 5.35. The third kappa shape index (κ3) is 6.22. The van der Waals surface area contributed by atoms with Crippen molar-refractivity contribution < 1.29 is 18.9 Å². The van der Waals surface area contributed by atoms with Crippen LogP contribution in [0.3, 0.4) is 0 Å². The number of hydrogen-bond donors (Lipinski definition) is 1. The third-order valence-corrected chi connectivity index (χ3v) is 7.95. The molecule has 0 saturated carbocycles. The maximum absolute atomic E-state index is 13.5. The molecule has 0 spiro atoms. The molecule has 206 valence electrons. The molecule has 3 aromatic rings. The standard InChI is InChI=1S/C25H34N6O6S/c1-4-6-18-17-28(3)23-22(18)26-24(27-25(23)32)20-16-19(7-8-21(20)36-14-5-2)38(35)30-11-9-29(10-12-30)13-15-37-31(33)34/h7-8,16-17H,4-6,9-15H2,1-3H3,(H,26,27,32). The second-order valence-electron chi connectivity index (χ2n) is 9.21. The van der Waals surface area contributed by atoms with E-state index in [1.54, 1.807) is 22.8 Å². The maximum Gasteiger partial charge on any atom is 0.294 e. The summed E-state index contributed by atoms with van der Waals surface area (Å²) in [7, 11) is 0.396. The summed E-state index contributed by atoms with van der Waals surface area (Å²) in [4.78, 5) is 38.2. The Morgan fingerprint density at radius 3 is 2.61 bits per heavy atom. The lowest BCUT2D eigenvalue weighted by Crippen LogP contribution is -2.47. The largest absolute Gasteiger partial charge is 0.493 e. The summed E-state index contributed by atoms with van der Waals surface area (Å²) in [6.45, 7) is 7.37. The lowest BCUT2D eigenvalue weighted by Gasteiger charge is -2.33. The summed E-state index contributed by atoms with van der Waals surface area (Å²) in [6.07, 6.45) is 4.49. The van der Waals surface area contributed by atoms with E-state index in [1.807, 2.05) is 29.4 Å². The molecule has 1 aliphatic rings. The summed E-state index contributed by atoms with van der Waals surface area (Å²) in [5, 5.41) is 9.57. The van der Waals surface area contributed by atoms with Crippen LogP contribution in [0.4, 0.5) is 0 Å². The molecule has 0 bridgehead atoms. The molecule has 1 aromatic carbocycles. The Labute approximate surface area is 223 Å². The van der Waals surface area contributed by atoms with Gasteiger partial charge in [0, 0.05) is 46.0 Å². The van der Waals surface area contributed by atoms with Gasteiger partial charge < -0.3 is 19.1 Å². The van der Waals surface area contributed by atoms with Gasteiger partial charge in [-0.1, -0.05) is 20.3 Å². The Balaban J connectivity index is 1.61. The first-order chi connectivity index (χ1) is 18.3. The fourth-order valence-electron chi connectivity index (χ4n) is 4.61. The molecular formula is C25H34N6O6S. The van der Waals surface area contributed by atoms with Gasteiger partial charge in [-0.15, -0.1) is 10.1 Å². The monoisotopic (exact) mass is 546 g/mol. The molecule has 38 heavy (non-hydrogen) atoms. The van der Waals surface area contributed by atoms with Crippen molar-refractivity contribution in [3.63, 3.8) is 0 Å². The molecule has 0 aliphatic carbocycles. The molecule has 1 unspecified atom stereocenters. The van der Waals surface area contributed by atoms with Gasteiger partial charge in [-0.25, -0.2) is 13.5 Å². The SMILES string of the molecule is CCCOc1ccc(S(=O)N2CCN(CCO[N+](=O)[O-])CC2)cc1-c1nc2c(CCC)cn(C)c2c(=O)[nH]1. The van der Waals surface area contributed by atoms with Gasteiger partial charge in [0.1, 0.15) is 34.7 Å². The normalized spacial score (nSPS) is 15.6. The summed E-state index contributed by atoms with van der Waals surface area (Å²) < 4.78 is 23.2. The average molecular weight is 547 g/mol. The Morgan fingerprint density at radius 1 is 1.16 bits per heavy atom. The highest BCUT2D eigenvalue weighted by molar-refractivity contribution is 7.82. The van der Waals surface area contributed by atoms with Crippen molar-refractivity contribution >= 4 is 22.0 Å². The minimum Gasteiger partial charge on any atom is -0.493 e. The highest BCUT2D eigenvalue weighted by Gasteiger charge is 2.24. The van der Waals surface area contributed by atoms with Gasteiger partial charge in [-0.05, 0) is 36.6 Å². The zero-order chi connectivity index (χ0) is 27.2. The zero-order valence-corrected chi connectivity index (χ0v) is 22.8. The number of aromatic amines is 1. The highest BCUT2D eigenvalue weighted by atomic mass is 32.2. The van der Waals surface area contributed by atoms with Crippen molar-refractivity contribution in [3.8, 4) is 17.1 Å². The molecule has 1 aliphatic heterocycles. The Hall–Kier alpha value is -3.29. The number of fused-ring (bicyclic) bond motifs is 1. The van der Waals surface area contributed by atoms with Gasteiger partial charge in [-0.2, -0.15) is 0 Å². The van der Waals surface area contributed by atoms with Crippen LogP contribution in [-0.4, -0.2) is 79.0 Å². The molecule has 1 atom stereocenters. The van der Waals surface area contributed by atoms with Crippen LogP contribution in [0.2, 0.25) is 0 Å². The quantitative estimate of drug-likeness (QED) is 0.270. The van der Waals surface area contributed by atoms with Gasteiger partial charge in [0.25, 0.3) is 10.6 Å². The molecule has 1 fully saturated rings. The molecule has 3 heterocycles. The number of piperazine rings is 1. The van der Waals surface area contributed by atoms with Crippen LogP contribution < -0.4 is 10.3 Å².